The zero-order chi connectivity index (χ0) is 13.5. The van der Waals surface area contributed by atoms with Crippen LogP contribution in [0.25, 0.3) is 0 Å². The lowest BCUT2D eigenvalue weighted by Crippen LogP contribution is -2.49. The third kappa shape index (κ3) is 4.25. The fourth-order valence-electron chi connectivity index (χ4n) is 2.86. The van der Waals surface area contributed by atoms with Gasteiger partial charge >= 0.3 is 0 Å². The first-order chi connectivity index (χ1) is 8.60. The molecule has 1 aliphatic rings. The number of aliphatic hydroxyl groups excluding tert-OH is 1. The predicted molar refractivity (Wildman–Crippen MR) is 73.4 cm³/mol. The van der Waals surface area contributed by atoms with E-state index in [0.29, 0.717) is 0 Å². The van der Waals surface area contributed by atoms with Crippen molar-refractivity contribution in [3.8, 4) is 0 Å². The average Bonchev–Trinajstić information content (AvgIpc) is 2.54. The largest absolute Gasteiger partial charge is 0.396 e. The van der Waals surface area contributed by atoms with Gasteiger partial charge in [0.15, 0.2) is 0 Å². The van der Waals surface area contributed by atoms with Crippen molar-refractivity contribution in [2.75, 3.05) is 20.7 Å². The van der Waals surface area contributed by atoms with Crippen molar-refractivity contribution >= 4 is 5.91 Å². The maximum absolute atomic E-state index is 12.2. The summed E-state index contributed by atoms with van der Waals surface area (Å²) in [5.74, 6) is 0.337. The van der Waals surface area contributed by atoms with Crippen LogP contribution in [0.4, 0.5) is 0 Å². The number of likely N-dealkylation sites (N-methyl/N-ethyl adjacent to an activating group) is 1. The van der Waals surface area contributed by atoms with Crippen LogP contribution in [0.1, 0.15) is 45.4 Å². The normalized spacial score (nSPS) is 26.7. The number of carbonyl (C=O) groups excluding carboxylic acids is 1. The van der Waals surface area contributed by atoms with Gasteiger partial charge < -0.3 is 10.4 Å². The van der Waals surface area contributed by atoms with Crippen LogP contribution in [0.2, 0.25) is 0 Å². The molecule has 0 heterocycles. The smallest absolute Gasteiger partial charge is 0.237 e. The minimum absolute atomic E-state index is 0.0624. The number of nitrogens with zero attached hydrogens (tertiary/aromatic N) is 1. The van der Waals surface area contributed by atoms with Gasteiger partial charge in [0.1, 0.15) is 0 Å². The highest BCUT2D eigenvalue weighted by Crippen LogP contribution is 2.23. The second-order valence-corrected chi connectivity index (χ2v) is 5.58. The highest BCUT2D eigenvalue weighted by atomic mass is 16.3. The minimum atomic E-state index is -0.0624. The average molecular weight is 256 g/mol. The van der Waals surface area contributed by atoms with E-state index in [-0.39, 0.29) is 30.5 Å². The van der Waals surface area contributed by atoms with Gasteiger partial charge in [-0.05, 0) is 33.4 Å². The third-order valence-corrected chi connectivity index (χ3v) is 4.03. The van der Waals surface area contributed by atoms with Crippen LogP contribution in [0.5, 0.6) is 0 Å². The van der Waals surface area contributed by atoms with Gasteiger partial charge in [-0.15, -0.1) is 0 Å². The van der Waals surface area contributed by atoms with Gasteiger partial charge in [0.25, 0.3) is 0 Å². The Labute approximate surface area is 111 Å². The summed E-state index contributed by atoms with van der Waals surface area (Å²) in [5, 5.41) is 12.6. The maximum Gasteiger partial charge on any atom is 0.237 e. The summed E-state index contributed by atoms with van der Waals surface area (Å²) in [4.78, 5) is 14.2. The molecule has 0 aromatic heterocycles. The molecule has 3 atom stereocenters. The van der Waals surface area contributed by atoms with Crippen LogP contribution in [0, 0.1) is 5.92 Å². The molecule has 0 aromatic rings. The number of amides is 1. The van der Waals surface area contributed by atoms with Crippen LogP contribution in [-0.2, 0) is 4.79 Å². The Bertz CT molecular complexity index is 256. The first-order valence-corrected chi connectivity index (χ1v) is 7.17. The number of hydrogen-bond acceptors (Lipinski definition) is 3. The van der Waals surface area contributed by atoms with Crippen molar-refractivity contribution in [2.45, 2.75) is 57.5 Å². The van der Waals surface area contributed by atoms with Gasteiger partial charge in [-0.3, -0.25) is 9.69 Å². The molecule has 2 N–H and O–H groups in total. The second-order valence-electron chi connectivity index (χ2n) is 5.58. The molecule has 0 aromatic carbocycles. The highest BCUT2D eigenvalue weighted by Gasteiger charge is 2.27. The third-order valence-electron chi connectivity index (χ3n) is 4.03. The quantitative estimate of drug-likeness (QED) is 0.731. The van der Waals surface area contributed by atoms with Gasteiger partial charge in [-0.2, -0.15) is 0 Å². The monoisotopic (exact) mass is 256 g/mol. The molecular weight excluding hydrogens is 228 g/mol. The zero-order valence-electron chi connectivity index (χ0n) is 12.0. The molecule has 1 fully saturated rings. The Balaban J connectivity index is 2.59. The number of rotatable bonds is 5. The molecule has 0 aliphatic heterocycles. The van der Waals surface area contributed by atoms with Crippen molar-refractivity contribution in [2.24, 2.45) is 5.92 Å². The molecule has 0 unspecified atom stereocenters. The van der Waals surface area contributed by atoms with E-state index in [2.05, 4.69) is 5.32 Å². The van der Waals surface area contributed by atoms with E-state index in [1.165, 1.54) is 12.8 Å². The Morgan fingerprint density at radius 3 is 2.56 bits per heavy atom. The Morgan fingerprint density at radius 1 is 1.33 bits per heavy atom. The van der Waals surface area contributed by atoms with Gasteiger partial charge in [-0.25, -0.2) is 0 Å². The summed E-state index contributed by atoms with van der Waals surface area (Å²) < 4.78 is 0. The number of hydrogen-bond donors (Lipinski definition) is 2. The topological polar surface area (TPSA) is 52.6 Å². The molecular formula is C14H28N2O2. The number of nitrogens with one attached hydrogen (secondary N) is 1. The van der Waals surface area contributed by atoms with E-state index in [1.807, 2.05) is 25.9 Å². The fourth-order valence-corrected chi connectivity index (χ4v) is 2.86. The molecule has 1 saturated carbocycles. The van der Waals surface area contributed by atoms with Gasteiger partial charge in [0.2, 0.25) is 5.91 Å². The van der Waals surface area contributed by atoms with Gasteiger partial charge in [0.05, 0.1) is 6.04 Å². The molecule has 0 radical (unpaired) electrons. The van der Waals surface area contributed by atoms with Crippen molar-refractivity contribution in [3.63, 3.8) is 0 Å². The van der Waals surface area contributed by atoms with Crippen molar-refractivity contribution in [1.82, 2.24) is 10.2 Å². The summed E-state index contributed by atoms with van der Waals surface area (Å²) >= 11 is 0. The summed E-state index contributed by atoms with van der Waals surface area (Å²) in [7, 11) is 3.87. The van der Waals surface area contributed by atoms with E-state index in [4.69, 9.17) is 0 Å². The molecule has 1 rings (SSSR count). The van der Waals surface area contributed by atoms with E-state index in [9.17, 15) is 9.90 Å². The SMILES string of the molecule is CC[C@H](C(=O)N[C@H]1CCCCC[C@H]1CO)N(C)C. The lowest BCUT2D eigenvalue weighted by atomic mass is 9.95. The lowest BCUT2D eigenvalue weighted by molar-refractivity contribution is -0.126. The van der Waals surface area contributed by atoms with Gasteiger partial charge in [-0.1, -0.05) is 26.2 Å². The molecule has 0 spiro atoms. The Kier molecular flexibility index (Phi) is 6.65. The standard InChI is InChI=1S/C14H28N2O2/c1-4-13(16(2)3)14(18)15-12-9-7-5-6-8-11(12)10-17/h11-13,17H,4-10H2,1-3H3,(H,15,18)/t11-,12-,13+/m0/s1. The molecule has 1 aliphatic carbocycles. The van der Waals surface area contributed by atoms with Crippen molar-refractivity contribution in [3.05, 3.63) is 0 Å². The number of carbonyl (C=O) groups is 1. The molecule has 4 heteroatoms. The first kappa shape index (κ1) is 15.4. The van der Waals surface area contributed by atoms with Crippen LogP contribution >= 0.6 is 0 Å². The summed E-state index contributed by atoms with van der Waals surface area (Å²) in [6.45, 7) is 2.21. The second kappa shape index (κ2) is 7.74. The minimum Gasteiger partial charge on any atom is -0.396 e. The maximum atomic E-state index is 12.2. The summed E-state index contributed by atoms with van der Waals surface area (Å²) in [6.07, 6.45) is 6.38. The molecule has 106 valence electrons. The van der Waals surface area contributed by atoms with Crippen LogP contribution in [-0.4, -0.2) is 48.7 Å². The lowest BCUT2D eigenvalue weighted by Gasteiger charge is -2.29. The van der Waals surface area contributed by atoms with E-state index >= 15 is 0 Å². The van der Waals surface area contributed by atoms with Crippen molar-refractivity contribution in [1.29, 1.82) is 0 Å². The predicted octanol–water partition coefficient (Wildman–Crippen LogP) is 1.38. The first-order valence-electron chi connectivity index (χ1n) is 7.17. The highest BCUT2D eigenvalue weighted by molar-refractivity contribution is 5.81. The van der Waals surface area contributed by atoms with E-state index < -0.39 is 0 Å². The van der Waals surface area contributed by atoms with Crippen molar-refractivity contribution < 1.29 is 9.90 Å². The van der Waals surface area contributed by atoms with Crippen LogP contribution in [0.15, 0.2) is 0 Å². The Morgan fingerprint density at radius 2 is 2.00 bits per heavy atom. The molecule has 4 nitrogen and oxygen atoms in total. The molecule has 1 amide bonds. The summed E-state index contributed by atoms with van der Waals surface area (Å²) in [6, 6.07) is 0.0894. The van der Waals surface area contributed by atoms with Gasteiger partial charge in [0, 0.05) is 18.6 Å². The number of aliphatic hydroxyl groups is 1. The fraction of sp³-hybridized carbons (Fsp3) is 0.929. The zero-order valence-corrected chi connectivity index (χ0v) is 12.0. The van der Waals surface area contributed by atoms with Crippen LogP contribution in [0.3, 0.4) is 0 Å². The molecule has 18 heavy (non-hydrogen) atoms. The summed E-state index contributed by atoms with van der Waals surface area (Å²) in [5.41, 5.74) is 0. The molecule has 0 bridgehead atoms. The van der Waals surface area contributed by atoms with E-state index in [1.54, 1.807) is 0 Å². The molecule has 0 saturated heterocycles. The van der Waals surface area contributed by atoms with E-state index in [0.717, 1.165) is 25.7 Å². The van der Waals surface area contributed by atoms with Crippen LogP contribution < -0.4 is 5.32 Å². The Hall–Kier alpha value is -0.610.